The molecule has 13 nitrogen and oxygen atoms in total. The number of carbonyl (C=O) groups excluding carboxylic acids is 3. The van der Waals surface area contributed by atoms with Crippen LogP contribution in [0.1, 0.15) is 87.5 Å². The summed E-state index contributed by atoms with van der Waals surface area (Å²) in [6, 6.07) is 17.6. The summed E-state index contributed by atoms with van der Waals surface area (Å²) >= 11 is 1.57. The van der Waals surface area contributed by atoms with Crippen molar-refractivity contribution >= 4 is 34.6 Å². The van der Waals surface area contributed by atoms with Gasteiger partial charge in [-0.3, -0.25) is 24.3 Å². The Balaban J connectivity index is 0.795. The van der Waals surface area contributed by atoms with Crippen LogP contribution in [0.3, 0.4) is 0 Å². The molecule has 66 heavy (non-hydrogen) atoms. The molecular formula is C50H62F2N6O7S. The molecule has 4 heterocycles. The number of nitrogens with zero attached hydrogens (tertiary/aromatic N) is 4. The van der Waals surface area contributed by atoms with E-state index in [0.29, 0.717) is 45.0 Å². The number of aromatic nitrogens is 2. The molecule has 3 amide bonds. The average molecular weight is 929 g/mol. The summed E-state index contributed by atoms with van der Waals surface area (Å²) in [6.45, 7) is 10.6. The number of hydrogen-bond donors (Lipinski definition) is 3. The van der Waals surface area contributed by atoms with Gasteiger partial charge in [0.1, 0.15) is 31.0 Å². The Morgan fingerprint density at radius 1 is 0.970 bits per heavy atom. The predicted octanol–water partition coefficient (Wildman–Crippen LogP) is 6.93. The summed E-state index contributed by atoms with van der Waals surface area (Å²) in [4.78, 5) is 53.8. The molecule has 354 valence electrons. The number of thiazole rings is 1. The van der Waals surface area contributed by atoms with E-state index in [0.717, 1.165) is 45.8 Å². The number of nitrogens with one attached hydrogen (secondary N) is 2. The van der Waals surface area contributed by atoms with E-state index in [4.69, 9.17) is 19.2 Å². The zero-order chi connectivity index (χ0) is 47.0. The van der Waals surface area contributed by atoms with Gasteiger partial charge < -0.3 is 34.9 Å². The molecule has 1 fully saturated rings. The van der Waals surface area contributed by atoms with Crippen LogP contribution in [0.25, 0.3) is 16.0 Å². The molecule has 0 unspecified atom stereocenters. The zero-order valence-corrected chi connectivity index (χ0v) is 39.3. The second kappa shape index (κ2) is 22.1. The van der Waals surface area contributed by atoms with Crippen LogP contribution in [-0.4, -0.2) is 119 Å². The van der Waals surface area contributed by atoms with Gasteiger partial charge in [-0.25, -0.2) is 13.8 Å². The highest BCUT2D eigenvalue weighted by molar-refractivity contribution is 7.13. The standard InChI is InChI=1S/C50H62F2N6O7S/c1-31-22-39-38-11-7-6-10-35(38)23-40(39)45(57(31)28-43(51)52)41-17-16-37(26-53-41)65-21-20-63-18-8-9-19-64-29-44(60)56-47(50(3,4)5)49(62)58-27-36(59)24-42(58)48(61)54-25-33-12-14-34(15-13-33)46-32(2)55-30-66-46/h6-7,10-17,26,30-31,36,42-43,45,47,59H,8-9,18-25,27-29H2,1-5H3,(H,54,61)(H,56,60)/t31-,36-,42+,45+,47-/m1/s1. The maximum Gasteiger partial charge on any atom is 0.251 e. The number of amides is 3. The number of aliphatic hydroxyl groups excluding tert-OH is 1. The van der Waals surface area contributed by atoms with Gasteiger partial charge in [0.05, 0.1) is 53.3 Å². The highest BCUT2D eigenvalue weighted by Gasteiger charge is 2.45. The summed E-state index contributed by atoms with van der Waals surface area (Å²) in [7, 11) is 0. The first-order valence-electron chi connectivity index (χ1n) is 22.8. The van der Waals surface area contributed by atoms with E-state index in [9.17, 15) is 28.3 Å². The highest BCUT2D eigenvalue weighted by atomic mass is 32.1. The molecule has 7 rings (SSSR count). The summed E-state index contributed by atoms with van der Waals surface area (Å²) in [6.07, 6.45) is 1.21. The molecule has 0 spiro atoms. The molecule has 1 saturated heterocycles. The summed E-state index contributed by atoms with van der Waals surface area (Å²) < 4.78 is 44.8. The van der Waals surface area contributed by atoms with Crippen LogP contribution in [-0.2, 0) is 36.8 Å². The Labute approximate surface area is 389 Å². The number of fused-ring (bicyclic) bond motifs is 2. The van der Waals surface area contributed by atoms with Gasteiger partial charge in [0, 0.05) is 38.8 Å². The lowest BCUT2D eigenvalue weighted by Gasteiger charge is -2.41. The summed E-state index contributed by atoms with van der Waals surface area (Å²) in [5.41, 5.74) is 9.58. The van der Waals surface area contributed by atoms with E-state index in [-0.39, 0.29) is 50.7 Å². The lowest BCUT2D eigenvalue weighted by atomic mass is 9.85. The van der Waals surface area contributed by atoms with Crippen molar-refractivity contribution in [3.63, 3.8) is 0 Å². The first-order chi connectivity index (χ1) is 31.7. The molecule has 3 N–H and O–H groups in total. The Morgan fingerprint density at radius 2 is 1.73 bits per heavy atom. The minimum atomic E-state index is -2.45. The average Bonchev–Trinajstić information content (AvgIpc) is 4.01. The molecule has 2 aliphatic heterocycles. The molecule has 3 aliphatic rings. The van der Waals surface area contributed by atoms with Crippen molar-refractivity contribution in [2.45, 2.75) is 110 Å². The van der Waals surface area contributed by atoms with Gasteiger partial charge in [0.25, 0.3) is 6.43 Å². The topological polar surface area (TPSA) is 155 Å². The van der Waals surface area contributed by atoms with Crippen molar-refractivity contribution in [3.8, 4) is 16.2 Å². The molecule has 0 radical (unpaired) electrons. The van der Waals surface area contributed by atoms with Crippen LogP contribution >= 0.6 is 11.3 Å². The molecule has 0 bridgehead atoms. The van der Waals surface area contributed by atoms with Gasteiger partial charge >= 0.3 is 0 Å². The normalized spacial score (nSPS) is 20.0. The van der Waals surface area contributed by atoms with Crippen molar-refractivity contribution in [2.24, 2.45) is 5.41 Å². The number of β-amino-alcohol motifs (C(OH)–C–C–N with tert-alkyl or cyclic N) is 1. The van der Waals surface area contributed by atoms with Crippen LogP contribution in [0.2, 0.25) is 0 Å². The number of pyridine rings is 1. The van der Waals surface area contributed by atoms with Crippen molar-refractivity contribution in [1.82, 2.24) is 30.4 Å². The van der Waals surface area contributed by atoms with Crippen LogP contribution in [0.4, 0.5) is 8.78 Å². The largest absolute Gasteiger partial charge is 0.490 e. The summed E-state index contributed by atoms with van der Waals surface area (Å²) in [5, 5.41) is 16.3. The molecule has 0 saturated carbocycles. The lowest BCUT2D eigenvalue weighted by Crippen LogP contribution is -2.58. The zero-order valence-electron chi connectivity index (χ0n) is 38.4. The SMILES string of the molecule is Cc1ncsc1-c1ccc(CNC(=O)[C@@H]2C[C@@H](O)CN2C(=O)[C@@H](NC(=O)COCCCCOCCOc2ccc([C@@H]3C4=C(C[C@@H](C)N3CC(F)F)c3ccccc3C4)nc2)C(C)(C)C)cc1. The van der Waals surface area contributed by atoms with Crippen LogP contribution in [0.15, 0.2) is 77.9 Å². The van der Waals surface area contributed by atoms with E-state index in [2.05, 4.69) is 27.8 Å². The third-order valence-corrected chi connectivity index (χ3v) is 13.5. The Bertz CT molecular complexity index is 2320. The lowest BCUT2D eigenvalue weighted by molar-refractivity contribution is -0.144. The van der Waals surface area contributed by atoms with Gasteiger partial charge in [0.15, 0.2) is 0 Å². The van der Waals surface area contributed by atoms with Crippen molar-refractivity contribution in [2.75, 3.05) is 46.1 Å². The number of aryl methyl sites for hydroxylation is 1. The number of rotatable bonds is 20. The maximum absolute atomic E-state index is 14.0. The van der Waals surface area contributed by atoms with Gasteiger partial charge in [-0.05, 0) is 90.5 Å². The molecule has 2 aromatic carbocycles. The number of aliphatic hydroxyl groups is 1. The first kappa shape index (κ1) is 48.8. The van der Waals surface area contributed by atoms with Gasteiger partial charge in [-0.15, -0.1) is 11.3 Å². The fourth-order valence-electron chi connectivity index (χ4n) is 9.13. The van der Waals surface area contributed by atoms with E-state index in [1.807, 2.05) is 93.6 Å². The third-order valence-electron chi connectivity index (χ3n) is 12.5. The number of hydrogen-bond acceptors (Lipinski definition) is 11. The number of halogens is 2. The number of benzene rings is 2. The van der Waals surface area contributed by atoms with Crippen molar-refractivity contribution in [1.29, 1.82) is 0 Å². The molecule has 4 aromatic rings. The third kappa shape index (κ3) is 12.1. The number of likely N-dealkylation sites (tertiary alicyclic amines) is 1. The van der Waals surface area contributed by atoms with Crippen molar-refractivity contribution in [3.05, 3.63) is 106 Å². The predicted molar refractivity (Wildman–Crippen MR) is 249 cm³/mol. The smallest absolute Gasteiger partial charge is 0.251 e. The van der Waals surface area contributed by atoms with Gasteiger partial charge in [0.2, 0.25) is 17.7 Å². The number of carbonyl (C=O) groups is 3. The minimum absolute atomic E-state index is 0.0149. The fourth-order valence-corrected chi connectivity index (χ4v) is 9.94. The van der Waals surface area contributed by atoms with Crippen LogP contribution in [0, 0.1) is 12.3 Å². The molecule has 1 aliphatic carbocycles. The van der Waals surface area contributed by atoms with Crippen LogP contribution in [0.5, 0.6) is 5.75 Å². The molecular weight excluding hydrogens is 867 g/mol. The quantitative estimate of drug-likeness (QED) is 0.0796. The monoisotopic (exact) mass is 928 g/mol. The molecule has 16 heteroatoms. The summed E-state index contributed by atoms with van der Waals surface area (Å²) in [5.74, 6) is -0.699. The Kier molecular flexibility index (Phi) is 16.3. The van der Waals surface area contributed by atoms with E-state index >= 15 is 0 Å². The Morgan fingerprint density at radius 3 is 2.42 bits per heavy atom. The fraction of sp³-hybridized carbons (Fsp3) is 0.500. The van der Waals surface area contributed by atoms with Crippen molar-refractivity contribution < 1.29 is 42.5 Å². The Hall–Kier alpha value is -5.13. The van der Waals surface area contributed by atoms with E-state index in [1.54, 1.807) is 17.5 Å². The second-order valence-electron chi connectivity index (χ2n) is 18.5. The highest BCUT2D eigenvalue weighted by Crippen LogP contribution is 2.48. The van der Waals surface area contributed by atoms with E-state index in [1.165, 1.54) is 21.6 Å². The number of ether oxygens (including phenoxy) is 3. The van der Waals surface area contributed by atoms with Gasteiger partial charge in [-0.1, -0.05) is 69.3 Å². The second-order valence-corrected chi connectivity index (χ2v) is 19.3. The molecule has 5 atom stereocenters. The van der Waals surface area contributed by atoms with Crippen LogP contribution < -0.4 is 15.4 Å². The van der Waals surface area contributed by atoms with E-state index < -0.39 is 41.8 Å². The first-order valence-corrected chi connectivity index (χ1v) is 23.7. The number of unbranched alkanes of at least 4 members (excludes halogenated alkanes) is 1. The number of alkyl halides is 2. The minimum Gasteiger partial charge on any atom is -0.490 e. The molecule has 2 aromatic heterocycles. The maximum atomic E-state index is 14.0. The van der Waals surface area contributed by atoms with Gasteiger partial charge in [-0.2, -0.15) is 0 Å².